The summed E-state index contributed by atoms with van der Waals surface area (Å²) in [4.78, 5) is 26.7. The van der Waals surface area contributed by atoms with Gasteiger partial charge in [0.1, 0.15) is 0 Å². The number of nitrogens with zero attached hydrogens (tertiary/aromatic N) is 1. The van der Waals surface area contributed by atoms with Crippen LogP contribution >= 0.6 is 0 Å². The number of carbonyl (C=O) groups is 2. The number of nitrogens with one attached hydrogen (secondary N) is 2. The Balaban J connectivity index is 1.55. The van der Waals surface area contributed by atoms with Gasteiger partial charge in [-0.2, -0.15) is 0 Å². The largest absolute Gasteiger partial charge is 0.326 e. The second-order valence-electron chi connectivity index (χ2n) is 8.54. The molecule has 1 aliphatic rings. The van der Waals surface area contributed by atoms with E-state index in [1.165, 1.54) is 12.1 Å². The lowest BCUT2D eigenvalue weighted by Crippen LogP contribution is -2.35. The van der Waals surface area contributed by atoms with Crippen molar-refractivity contribution in [3.8, 4) is 0 Å². The zero-order valence-electron chi connectivity index (χ0n) is 19.1. The Morgan fingerprint density at radius 2 is 1.59 bits per heavy atom. The number of fused-ring (bicyclic) bond motifs is 1. The molecule has 176 valence electrons. The van der Waals surface area contributed by atoms with Crippen molar-refractivity contribution >= 4 is 38.9 Å². The van der Waals surface area contributed by atoms with Crippen LogP contribution in [-0.2, 0) is 21.2 Å². The van der Waals surface area contributed by atoms with Crippen LogP contribution < -0.4 is 14.9 Å². The fourth-order valence-corrected chi connectivity index (χ4v) is 4.85. The number of benzene rings is 3. The predicted octanol–water partition coefficient (Wildman–Crippen LogP) is 4.67. The lowest BCUT2D eigenvalue weighted by Gasteiger charge is -2.30. The summed E-state index contributed by atoms with van der Waals surface area (Å²) in [6.07, 6.45) is 1.67. The molecule has 2 N–H and O–H groups in total. The van der Waals surface area contributed by atoms with Crippen LogP contribution in [0.5, 0.6) is 0 Å². The summed E-state index contributed by atoms with van der Waals surface area (Å²) in [6.45, 7) is 4.14. The minimum Gasteiger partial charge on any atom is -0.326 e. The molecule has 1 heterocycles. The summed E-state index contributed by atoms with van der Waals surface area (Å²) in [5, 5.41) is 2.74. The Morgan fingerprint density at radius 1 is 0.912 bits per heavy atom. The van der Waals surface area contributed by atoms with Crippen LogP contribution in [0.2, 0.25) is 0 Å². The SMILES string of the molecule is CC(C)C(=O)Nc1ccc(S(=O)(=O)Nc2ccc3c(c2)N(C(=O)c2ccccc2)CCC3)cc1. The van der Waals surface area contributed by atoms with Crippen LogP contribution in [0.3, 0.4) is 0 Å². The molecule has 0 spiro atoms. The highest BCUT2D eigenvalue weighted by Crippen LogP contribution is 2.32. The molecule has 8 heteroatoms. The molecule has 3 aromatic carbocycles. The van der Waals surface area contributed by atoms with Crippen LogP contribution in [0.1, 0.15) is 36.2 Å². The van der Waals surface area contributed by atoms with Crippen molar-refractivity contribution in [2.24, 2.45) is 5.92 Å². The summed E-state index contributed by atoms with van der Waals surface area (Å²) in [5.41, 5.74) is 3.21. The molecule has 0 atom stereocenters. The van der Waals surface area contributed by atoms with Gasteiger partial charge < -0.3 is 10.2 Å². The van der Waals surface area contributed by atoms with Gasteiger partial charge in [0.05, 0.1) is 10.6 Å². The first-order chi connectivity index (χ1) is 16.2. The molecule has 0 fully saturated rings. The van der Waals surface area contributed by atoms with Gasteiger partial charge in [0.25, 0.3) is 15.9 Å². The van der Waals surface area contributed by atoms with Crippen LogP contribution in [0.4, 0.5) is 17.1 Å². The molecule has 0 unspecified atom stereocenters. The molecule has 3 aromatic rings. The average molecular weight is 478 g/mol. The number of hydrogen-bond acceptors (Lipinski definition) is 4. The Kier molecular flexibility index (Phi) is 6.70. The van der Waals surface area contributed by atoms with E-state index in [9.17, 15) is 18.0 Å². The van der Waals surface area contributed by atoms with Gasteiger partial charge in [-0.3, -0.25) is 14.3 Å². The first-order valence-corrected chi connectivity index (χ1v) is 12.7. The summed E-state index contributed by atoms with van der Waals surface area (Å²) < 4.78 is 28.5. The maximum absolute atomic E-state index is 13.1. The fraction of sp³-hybridized carbons (Fsp3) is 0.231. The first-order valence-electron chi connectivity index (χ1n) is 11.2. The molecule has 7 nitrogen and oxygen atoms in total. The highest BCUT2D eigenvalue weighted by molar-refractivity contribution is 7.92. The standard InChI is InChI=1S/C26H27N3O4S/c1-18(2)25(30)27-21-12-14-23(15-13-21)34(32,33)28-22-11-10-19-9-6-16-29(24(19)17-22)26(31)20-7-4-3-5-8-20/h3-5,7-8,10-15,17-18,28H,6,9,16H2,1-2H3,(H,27,30). The minimum atomic E-state index is -3.86. The van der Waals surface area contributed by atoms with Gasteiger partial charge in [-0.05, 0) is 66.9 Å². The van der Waals surface area contributed by atoms with Crippen LogP contribution in [-0.4, -0.2) is 26.8 Å². The topological polar surface area (TPSA) is 95.6 Å². The molecule has 4 rings (SSSR count). The fourth-order valence-electron chi connectivity index (χ4n) is 3.80. The van der Waals surface area contributed by atoms with Gasteiger partial charge in [-0.25, -0.2) is 8.42 Å². The van der Waals surface area contributed by atoms with Gasteiger partial charge in [-0.15, -0.1) is 0 Å². The molecule has 0 bridgehead atoms. The van der Waals surface area contributed by atoms with Crippen molar-refractivity contribution in [2.45, 2.75) is 31.6 Å². The lowest BCUT2D eigenvalue weighted by atomic mass is 10.00. The zero-order valence-corrected chi connectivity index (χ0v) is 19.9. The third kappa shape index (κ3) is 5.12. The molecular weight excluding hydrogens is 450 g/mol. The van der Waals surface area contributed by atoms with Crippen LogP contribution in [0, 0.1) is 5.92 Å². The average Bonchev–Trinajstić information content (AvgIpc) is 2.83. The van der Waals surface area contributed by atoms with Gasteiger partial charge in [0.2, 0.25) is 5.91 Å². The number of rotatable bonds is 6. The molecule has 0 aromatic heterocycles. The number of amides is 2. The van der Waals surface area contributed by atoms with Gasteiger partial charge in [0.15, 0.2) is 0 Å². The summed E-state index contributed by atoms with van der Waals surface area (Å²) >= 11 is 0. The molecular formula is C26H27N3O4S. The lowest BCUT2D eigenvalue weighted by molar-refractivity contribution is -0.118. The maximum Gasteiger partial charge on any atom is 0.261 e. The van der Waals surface area contributed by atoms with Gasteiger partial charge >= 0.3 is 0 Å². The number of aryl methyl sites for hydroxylation is 1. The van der Waals surface area contributed by atoms with Crippen molar-refractivity contribution in [1.82, 2.24) is 0 Å². The highest BCUT2D eigenvalue weighted by atomic mass is 32.2. The predicted molar refractivity (Wildman–Crippen MR) is 134 cm³/mol. The Bertz CT molecular complexity index is 1300. The number of carbonyl (C=O) groups excluding carboxylic acids is 2. The normalized spacial score (nSPS) is 13.3. The van der Waals surface area contributed by atoms with E-state index < -0.39 is 10.0 Å². The third-order valence-electron chi connectivity index (χ3n) is 5.68. The number of anilines is 3. The number of hydrogen-bond donors (Lipinski definition) is 2. The van der Waals surface area contributed by atoms with E-state index in [-0.39, 0.29) is 22.6 Å². The molecule has 1 aliphatic heterocycles. The van der Waals surface area contributed by atoms with Crippen molar-refractivity contribution in [1.29, 1.82) is 0 Å². The summed E-state index contributed by atoms with van der Waals surface area (Å²) in [7, 11) is -3.86. The first kappa shape index (κ1) is 23.5. The van der Waals surface area contributed by atoms with Crippen LogP contribution in [0.25, 0.3) is 0 Å². The van der Waals surface area contributed by atoms with Crippen LogP contribution in [0.15, 0.2) is 77.7 Å². The molecule has 0 radical (unpaired) electrons. The Hall–Kier alpha value is -3.65. The highest BCUT2D eigenvalue weighted by Gasteiger charge is 2.25. The van der Waals surface area contributed by atoms with E-state index in [0.717, 1.165) is 18.4 Å². The smallest absolute Gasteiger partial charge is 0.261 e. The van der Waals surface area contributed by atoms with Crippen molar-refractivity contribution < 1.29 is 18.0 Å². The van der Waals surface area contributed by atoms with E-state index >= 15 is 0 Å². The third-order valence-corrected chi connectivity index (χ3v) is 7.08. The van der Waals surface area contributed by atoms with E-state index in [0.29, 0.717) is 29.2 Å². The molecule has 2 amide bonds. The molecule has 0 saturated heterocycles. The maximum atomic E-state index is 13.1. The van der Waals surface area contributed by atoms with E-state index in [4.69, 9.17) is 0 Å². The van der Waals surface area contributed by atoms with Crippen molar-refractivity contribution in [3.05, 3.63) is 83.9 Å². The second kappa shape index (κ2) is 9.69. The molecule has 0 aliphatic carbocycles. The van der Waals surface area contributed by atoms with Gasteiger partial charge in [-0.1, -0.05) is 38.1 Å². The van der Waals surface area contributed by atoms with Crippen molar-refractivity contribution in [3.63, 3.8) is 0 Å². The summed E-state index contributed by atoms with van der Waals surface area (Å²) in [5.74, 6) is -0.430. The van der Waals surface area contributed by atoms with E-state index in [1.807, 2.05) is 24.3 Å². The van der Waals surface area contributed by atoms with E-state index in [1.54, 1.807) is 55.1 Å². The minimum absolute atomic E-state index is 0.0741. The van der Waals surface area contributed by atoms with E-state index in [2.05, 4.69) is 10.0 Å². The van der Waals surface area contributed by atoms with Crippen molar-refractivity contribution in [2.75, 3.05) is 21.5 Å². The van der Waals surface area contributed by atoms with Gasteiger partial charge in [0, 0.05) is 29.4 Å². The zero-order chi connectivity index (χ0) is 24.3. The summed E-state index contributed by atoms with van der Waals surface area (Å²) in [6, 6.07) is 20.3. The quantitative estimate of drug-likeness (QED) is 0.539. The monoisotopic (exact) mass is 477 g/mol. The molecule has 34 heavy (non-hydrogen) atoms. The number of sulfonamides is 1. The Morgan fingerprint density at radius 3 is 2.26 bits per heavy atom. The Labute approximate surface area is 199 Å². The molecule has 0 saturated carbocycles. The second-order valence-corrected chi connectivity index (χ2v) is 10.2.